The van der Waals surface area contributed by atoms with Crippen molar-refractivity contribution in [1.82, 2.24) is 9.97 Å². The fourth-order valence-corrected chi connectivity index (χ4v) is 4.59. The molecule has 1 saturated carbocycles. The summed E-state index contributed by atoms with van der Waals surface area (Å²) in [7, 11) is 0. The van der Waals surface area contributed by atoms with Crippen LogP contribution >= 0.6 is 23.4 Å². The molecule has 0 spiro atoms. The van der Waals surface area contributed by atoms with Crippen LogP contribution in [0.3, 0.4) is 0 Å². The molecule has 31 heavy (non-hydrogen) atoms. The number of aromatic nitrogens is 2. The fraction of sp³-hybridized carbons (Fsp3) is 0.500. The van der Waals surface area contributed by atoms with E-state index in [0.29, 0.717) is 40.6 Å². The van der Waals surface area contributed by atoms with Gasteiger partial charge in [-0.3, -0.25) is 4.79 Å². The second-order valence-corrected chi connectivity index (χ2v) is 9.35. The second kappa shape index (κ2) is 8.90. The van der Waals surface area contributed by atoms with Gasteiger partial charge >= 0.3 is 0 Å². The first-order valence-corrected chi connectivity index (χ1v) is 12.0. The van der Waals surface area contributed by atoms with Crippen molar-refractivity contribution in [3.63, 3.8) is 0 Å². The van der Waals surface area contributed by atoms with Gasteiger partial charge in [-0.25, -0.2) is 18.7 Å². The number of carbonyl (C=O) groups excluding carboxylic acids is 1. The minimum atomic E-state index is -2.69. The lowest BCUT2D eigenvalue weighted by atomic mass is 10.1. The maximum Gasteiger partial charge on any atom is 0.259 e. The van der Waals surface area contributed by atoms with Crippen LogP contribution in [0, 0.1) is 6.92 Å². The molecule has 1 saturated heterocycles. The van der Waals surface area contributed by atoms with E-state index in [2.05, 4.69) is 10.3 Å². The van der Waals surface area contributed by atoms with Crippen LogP contribution in [-0.2, 0) is 0 Å². The van der Waals surface area contributed by atoms with E-state index in [0.717, 1.165) is 23.6 Å². The molecule has 1 aliphatic carbocycles. The van der Waals surface area contributed by atoms with E-state index in [9.17, 15) is 13.6 Å². The quantitative estimate of drug-likeness (QED) is 0.554. The standard InChI is InChI=1S/C22H25ClF2N4OS/c1-13-17(21(30)27-15-6-9-26-16(12-15)31-2)20(28-19(18(13)23)14-4-5-14)29-10-3-7-22(24,25)8-11-29/h6,9,12,14H,3-5,7-8,10-11H2,1-2H3,(H,26,27,30). The smallest absolute Gasteiger partial charge is 0.259 e. The Kier molecular flexibility index (Phi) is 6.40. The van der Waals surface area contributed by atoms with Gasteiger partial charge < -0.3 is 10.2 Å². The zero-order valence-electron chi connectivity index (χ0n) is 17.6. The topological polar surface area (TPSA) is 58.1 Å². The summed E-state index contributed by atoms with van der Waals surface area (Å²) in [5.41, 5.74) is 2.37. The van der Waals surface area contributed by atoms with E-state index < -0.39 is 5.92 Å². The number of nitrogens with zero attached hydrogens (tertiary/aromatic N) is 3. The summed E-state index contributed by atoms with van der Waals surface area (Å²) in [5, 5.41) is 4.19. The molecule has 5 nitrogen and oxygen atoms in total. The van der Waals surface area contributed by atoms with Gasteiger partial charge in [-0.15, -0.1) is 11.8 Å². The number of rotatable bonds is 5. The van der Waals surface area contributed by atoms with Crippen LogP contribution in [0.25, 0.3) is 0 Å². The van der Waals surface area contributed by atoms with Crippen molar-refractivity contribution in [3.05, 3.63) is 40.2 Å². The van der Waals surface area contributed by atoms with E-state index in [4.69, 9.17) is 16.6 Å². The Balaban J connectivity index is 1.73. The monoisotopic (exact) mass is 466 g/mol. The van der Waals surface area contributed by atoms with Crippen molar-refractivity contribution in [3.8, 4) is 0 Å². The molecule has 1 N–H and O–H groups in total. The van der Waals surface area contributed by atoms with E-state index >= 15 is 0 Å². The third-order valence-electron chi connectivity index (χ3n) is 5.79. The van der Waals surface area contributed by atoms with Crippen LogP contribution in [0.5, 0.6) is 0 Å². The maximum atomic E-state index is 14.0. The predicted molar refractivity (Wildman–Crippen MR) is 121 cm³/mol. The van der Waals surface area contributed by atoms with Crippen molar-refractivity contribution < 1.29 is 13.6 Å². The van der Waals surface area contributed by atoms with Crippen molar-refractivity contribution in [2.24, 2.45) is 0 Å². The van der Waals surface area contributed by atoms with Crippen molar-refractivity contribution in [2.45, 2.75) is 55.9 Å². The number of hydrogen-bond donors (Lipinski definition) is 1. The number of amides is 1. The van der Waals surface area contributed by atoms with Gasteiger partial charge in [0.1, 0.15) is 5.82 Å². The summed E-state index contributed by atoms with van der Waals surface area (Å²) < 4.78 is 28.0. The number of carbonyl (C=O) groups is 1. The third-order valence-corrected chi connectivity index (χ3v) is 6.91. The van der Waals surface area contributed by atoms with Crippen molar-refractivity contribution in [1.29, 1.82) is 0 Å². The number of alkyl halides is 2. The highest BCUT2D eigenvalue weighted by molar-refractivity contribution is 7.98. The summed E-state index contributed by atoms with van der Waals surface area (Å²) >= 11 is 8.10. The minimum absolute atomic E-state index is 0.150. The molecule has 0 atom stereocenters. The molecule has 9 heteroatoms. The van der Waals surface area contributed by atoms with Crippen LogP contribution in [0.15, 0.2) is 23.4 Å². The molecule has 0 bridgehead atoms. The minimum Gasteiger partial charge on any atom is -0.356 e. The molecule has 3 heterocycles. The first kappa shape index (κ1) is 22.3. The number of anilines is 2. The molecule has 0 aromatic carbocycles. The summed E-state index contributed by atoms with van der Waals surface area (Å²) in [6, 6.07) is 3.50. The highest BCUT2D eigenvalue weighted by Gasteiger charge is 2.36. The molecule has 1 aliphatic heterocycles. The Bertz CT molecular complexity index is 1000. The average molecular weight is 467 g/mol. The van der Waals surface area contributed by atoms with Crippen LogP contribution in [0.1, 0.15) is 59.6 Å². The zero-order chi connectivity index (χ0) is 22.2. The molecule has 2 aromatic rings. The second-order valence-electron chi connectivity index (χ2n) is 8.15. The van der Waals surface area contributed by atoms with Crippen LogP contribution < -0.4 is 10.2 Å². The molecule has 166 valence electrons. The number of halogens is 3. The normalized spacial score (nSPS) is 18.5. The average Bonchev–Trinajstić information content (AvgIpc) is 3.58. The molecule has 4 rings (SSSR count). The number of hydrogen-bond acceptors (Lipinski definition) is 5. The van der Waals surface area contributed by atoms with Crippen molar-refractivity contribution >= 4 is 40.8 Å². The Morgan fingerprint density at radius 1 is 1.32 bits per heavy atom. The first-order valence-electron chi connectivity index (χ1n) is 10.4. The molecular formula is C22H25ClF2N4OS. The van der Waals surface area contributed by atoms with Gasteiger partial charge in [0, 0.05) is 43.7 Å². The summed E-state index contributed by atoms with van der Waals surface area (Å²) in [4.78, 5) is 24.2. The van der Waals surface area contributed by atoms with Gasteiger partial charge in [0.25, 0.3) is 5.91 Å². The molecule has 1 amide bonds. The summed E-state index contributed by atoms with van der Waals surface area (Å²) in [6.45, 7) is 2.39. The lowest BCUT2D eigenvalue weighted by Crippen LogP contribution is -2.30. The number of pyridine rings is 2. The molecule has 2 fully saturated rings. The lowest BCUT2D eigenvalue weighted by Gasteiger charge is -2.26. The molecular weight excluding hydrogens is 442 g/mol. The van der Waals surface area contributed by atoms with E-state index in [1.807, 2.05) is 11.2 Å². The lowest BCUT2D eigenvalue weighted by molar-refractivity contribution is -0.0102. The van der Waals surface area contributed by atoms with Crippen molar-refractivity contribution in [2.75, 3.05) is 29.6 Å². The third kappa shape index (κ3) is 4.95. The molecule has 2 aromatic heterocycles. The fourth-order valence-electron chi connectivity index (χ4n) is 3.88. The van der Waals surface area contributed by atoms with E-state index in [1.54, 1.807) is 25.3 Å². The van der Waals surface area contributed by atoms with Gasteiger partial charge in [0.2, 0.25) is 5.92 Å². The highest BCUT2D eigenvalue weighted by atomic mass is 35.5. The Morgan fingerprint density at radius 3 is 2.81 bits per heavy atom. The van der Waals surface area contributed by atoms with E-state index in [-0.39, 0.29) is 31.2 Å². The summed E-state index contributed by atoms with van der Waals surface area (Å²) in [6.07, 6.45) is 5.49. The summed E-state index contributed by atoms with van der Waals surface area (Å²) in [5.74, 6) is -2.31. The largest absolute Gasteiger partial charge is 0.356 e. The molecule has 0 unspecified atom stereocenters. The zero-order valence-corrected chi connectivity index (χ0v) is 19.1. The SMILES string of the molecule is CSc1cc(NC(=O)c2c(N3CCCC(F)(F)CC3)nc(C3CC3)c(Cl)c2C)ccn1. The van der Waals surface area contributed by atoms with Crippen LogP contribution in [-0.4, -0.2) is 41.1 Å². The highest BCUT2D eigenvalue weighted by Crippen LogP contribution is 2.45. The number of thioether (sulfide) groups is 1. The van der Waals surface area contributed by atoms with Gasteiger partial charge in [-0.2, -0.15) is 0 Å². The van der Waals surface area contributed by atoms with Gasteiger partial charge in [-0.05, 0) is 50.1 Å². The van der Waals surface area contributed by atoms with E-state index in [1.165, 1.54) is 11.8 Å². The Morgan fingerprint density at radius 2 is 2.10 bits per heavy atom. The van der Waals surface area contributed by atoms with Gasteiger partial charge in [0.05, 0.1) is 21.3 Å². The number of nitrogens with one attached hydrogen (secondary N) is 1. The molecule has 2 aliphatic rings. The predicted octanol–water partition coefficient (Wildman–Crippen LogP) is 5.92. The van der Waals surface area contributed by atoms with Gasteiger partial charge in [0.15, 0.2) is 0 Å². The van der Waals surface area contributed by atoms with Gasteiger partial charge in [-0.1, -0.05) is 11.6 Å². The maximum absolute atomic E-state index is 14.0. The van der Waals surface area contributed by atoms with Crippen LogP contribution in [0.2, 0.25) is 5.02 Å². The van der Waals surface area contributed by atoms with Crippen LogP contribution in [0.4, 0.5) is 20.3 Å². The Hall–Kier alpha value is -1.93. The Labute approximate surface area is 190 Å². The molecule has 0 radical (unpaired) electrons. The first-order chi connectivity index (χ1) is 14.8.